The summed E-state index contributed by atoms with van der Waals surface area (Å²) in [5.74, 6) is 0.501. The standard InChI is InChI=1S/C13H18N4O2S2/c1-9-13(10(2)16-15-9)17-21(18,19)8-7-20-12-5-3-11(14)4-6-12/h3-6,17H,7-8,14H2,1-2H3,(H,15,16). The Morgan fingerprint density at radius 2 is 1.95 bits per heavy atom. The molecule has 0 unspecified atom stereocenters. The van der Waals surface area contributed by atoms with Crippen molar-refractivity contribution in [2.24, 2.45) is 0 Å². The first kappa shape index (κ1) is 15.7. The van der Waals surface area contributed by atoms with Crippen molar-refractivity contribution in [3.8, 4) is 0 Å². The smallest absolute Gasteiger partial charge is 0.233 e. The molecule has 21 heavy (non-hydrogen) atoms. The molecule has 0 spiro atoms. The number of rotatable bonds is 6. The molecule has 0 aliphatic rings. The Bertz CT molecular complexity index is 689. The fourth-order valence-electron chi connectivity index (χ4n) is 1.74. The van der Waals surface area contributed by atoms with Crippen molar-refractivity contribution in [1.29, 1.82) is 0 Å². The third kappa shape index (κ3) is 4.40. The molecule has 0 saturated heterocycles. The molecule has 6 nitrogen and oxygen atoms in total. The topological polar surface area (TPSA) is 101 Å². The van der Waals surface area contributed by atoms with Crippen LogP contribution in [-0.4, -0.2) is 30.1 Å². The molecule has 2 aromatic rings. The van der Waals surface area contributed by atoms with Gasteiger partial charge in [0.1, 0.15) is 0 Å². The molecule has 0 fully saturated rings. The van der Waals surface area contributed by atoms with Crippen LogP contribution in [0.1, 0.15) is 11.4 Å². The van der Waals surface area contributed by atoms with Gasteiger partial charge in [-0.1, -0.05) is 0 Å². The van der Waals surface area contributed by atoms with E-state index in [1.54, 1.807) is 26.0 Å². The molecule has 8 heteroatoms. The number of H-pyrrole nitrogens is 1. The number of aromatic nitrogens is 2. The van der Waals surface area contributed by atoms with Gasteiger partial charge in [-0.15, -0.1) is 11.8 Å². The first-order chi connectivity index (χ1) is 9.87. The minimum atomic E-state index is -3.38. The highest BCUT2D eigenvalue weighted by atomic mass is 32.2. The first-order valence-corrected chi connectivity index (χ1v) is 9.01. The summed E-state index contributed by atoms with van der Waals surface area (Å²) in [4.78, 5) is 0.995. The maximum atomic E-state index is 12.1. The third-order valence-electron chi connectivity index (χ3n) is 2.89. The van der Waals surface area contributed by atoms with E-state index in [1.165, 1.54) is 11.8 Å². The van der Waals surface area contributed by atoms with Crippen molar-refractivity contribution < 1.29 is 8.42 Å². The van der Waals surface area contributed by atoms with Crippen LogP contribution in [0, 0.1) is 13.8 Å². The second kappa shape index (κ2) is 6.40. The Morgan fingerprint density at radius 1 is 1.29 bits per heavy atom. The number of anilines is 2. The summed E-state index contributed by atoms with van der Waals surface area (Å²) in [5, 5.41) is 6.72. The van der Waals surface area contributed by atoms with Gasteiger partial charge in [-0.05, 0) is 38.1 Å². The highest BCUT2D eigenvalue weighted by Gasteiger charge is 2.15. The molecule has 1 aromatic heterocycles. The van der Waals surface area contributed by atoms with Crippen LogP contribution in [0.25, 0.3) is 0 Å². The van der Waals surface area contributed by atoms with Crippen LogP contribution in [0.3, 0.4) is 0 Å². The molecule has 0 atom stereocenters. The number of nitrogen functional groups attached to an aromatic ring is 1. The van der Waals surface area contributed by atoms with Gasteiger partial charge < -0.3 is 5.73 Å². The van der Waals surface area contributed by atoms with Gasteiger partial charge in [0.15, 0.2) is 0 Å². The monoisotopic (exact) mass is 326 g/mol. The Labute approximate surface area is 128 Å². The molecule has 114 valence electrons. The zero-order valence-corrected chi connectivity index (χ0v) is 13.5. The number of nitrogens with two attached hydrogens (primary N) is 1. The van der Waals surface area contributed by atoms with E-state index in [2.05, 4.69) is 14.9 Å². The average molecular weight is 326 g/mol. The van der Waals surface area contributed by atoms with Gasteiger partial charge in [-0.2, -0.15) is 5.10 Å². The van der Waals surface area contributed by atoms with Crippen molar-refractivity contribution in [3.63, 3.8) is 0 Å². The van der Waals surface area contributed by atoms with Crippen molar-refractivity contribution >= 4 is 33.2 Å². The van der Waals surface area contributed by atoms with Gasteiger partial charge in [-0.25, -0.2) is 8.42 Å². The van der Waals surface area contributed by atoms with E-state index >= 15 is 0 Å². The van der Waals surface area contributed by atoms with E-state index < -0.39 is 10.0 Å². The van der Waals surface area contributed by atoms with Gasteiger partial charge in [0, 0.05) is 16.3 Å². The number of aryl methyl sites for hydroxylation is 2. The van der Waals surface area contributed by atoms with Crippen molar-refractivity contribution in [2.75, 3.05) is 22.0 Å². The summed E-state index contributed by atoms with van der Waals surface area (Å²) in [7, 11) is -3.38. The third-order valence-corrected chi connectivity index (χ3v) is 5.42. The normalized spacial score (nSPS) is 11.5. The number of hydrogen-bond donors (Lipinski definition) is 3. The van der Waals surface area contributed by atoms with E-state index in [0.29, 0.717) is 28.5 Å². The Hall–Kier alpha value is -1.67. The Balaban J connectivity index is 1.91. The first-order valence-electron chi connectivity index (χ1n) is 6.38. The number of thioether (sulfide) groups is 1. The zero-order chi connectivity index (χ0) is 15.5. The second-order valence-electron chi connectivity index (χ2n) is 4.65. The lowest BCUT2D eigenvalue weighted by atomic mass is 10.3. The van der Waals surface area contributed by atoms with Crippen molar-refractivity contribution in [1.82, 2.24) is 10.2 Å². The molecule has 0 aliphatic carbocycles. The average Bonchev–Trinajstić information content (AvgIpc) is 2.72. The molecule has 0 aliphatic heterocycles. The van der Waals surface area contributed by atoms with Crippen LogP contribution < -0.4 is 10.5 Å². The highest BCUT2D eigenvalue weighted by Crippen LogP contribution is 2.21. The summed E-state index contributed by atoms with van der Waals surface area (Å²) in [6.07, 6.45) is 0. The lowest BCUT2D eigenvalue weighted by molar-refractivity contribution is 0.602. The molecule has 0 bridgehead atoms. The van der Waals surface area contributed by atoms with Crippen LogP contribution in [0.5, 0.6) is 0 Å². The number of nitrogens with one attached hydrogen (secondary N) is 2. The molecular formula is C13H18N4O2S2. The molecule has 0 amide bonds. The lowest BCUT2D eigenvalue weighted by Crippen LogP contribution is -2.18. The van der Waals surface area contributed by atoms with Crippen LogP contribution >= 0.6 is 11.8 Å². The van der Waals surface area contributed by atoms with Gasteiger partial charge >= 0.3 is 0 Å². The van der Waals surface area contributed by atoms with Gasteiger partial charge in [0.05, 0.1) is 22.8 Å². The Morgan fingerprint density at radius 3 is 2.52 bits per heavy atom. The minimum absolute atomic E-state index is 0.0338. The molecule has 2 rings (SSSR count). The molecule has 1 aromatic carbocycles. The quantitative estimate of drug-likeness (QED) is 0.558. The second-order valence-corrected chi connectivity index (χ2v) is 7.66. The lowest BCUT2D eigenvalue weighted by Gasteiger charge is -2.08. The molecular weight excluding hydrogens is 308 g/mol. The van der Waals surface area contributed by atoms with E-state index in [-0.39, 0.29) is 5.75 Å². The summed E-state index contributed by atoms with van der Waals surface area (Å²) in [6.45, 7) is 3.53. The predicted octanol–water partition coefficient (Wildman–Crippen LogP) is 2.14. The maximum Gasteiger partial charge on any atom is 0.233 e. The highest BCUT2D eigenvalue weighted by molar-refractivity contribution is 8.01. The van der Waals surface area contributed by atoms with E-state index in [4.69, 9.17) is 5.73 Å². The van der Waals surface area contributed by atoms with Crippen LogP contribution in [-0.2, 0) is 10.0 Å². The van der Waals surface area contributed by atoms with Crippen LogP contribution in [0.2, 0.25) is 0 Å². The van der Waals surface area contributed by atoms with E-state index in [1.807, 2.05) is 12.1 Å². The van der Waals surface area contributed by atoms with Gasteiger partial charge in [0.25, 0.3) is 0 Å². The Kier molecular flexibility index (Phi) is 4.79. The SMILES string of the molecule is Cc1n[nH]c(C)c1NS(=O)(=O)CCSc1ccc(N)cc1. The number of benzene rings is 1. The van der Waals surface area contributed by atoms with E-state index in [9.17, 15) is 8.42 Å². The number of sulfonamides is 1. The van der Waals surface area contributed by atoms with Gasteiger partial charge in [0.2, 0.25) is 10.0 Å². The van der Waals surface area contributed by atoms with E-state index in [0.717, 1.165) is 4.90 Å². The number of nitrogens with zero attached hydrogens (tertiary/aromatic N) is 1. The van der Waals surface area contributed by atoms with Crippen LogP contribution in [0.4, 0.5) is 11.4 Å². The fourth-order valence-corrected chi connectivity index (χ4v) is 4.23. The zero-order valence-electron chi connectivity index (χ0n) is 11.9. The van der Waals surface area contributed by atoms with Gasteiger partial charge in [-0.3, -0.25) is 9.82 Å². The van der Waals surface area contributed by atoms with Crippen LogP contribution in [0.15, 0.2) is 29.2 Å². The van der Waals surface area contributed by atoms with Crippen molar-refractivity contribution in [3.05, 3.63) is 35.7 Å². The summed E-state index contributed by atoms with van der Waals surface area (Å²) in [6, 6.07) is 7.36. The fraction of sp³-hybridized carbons (Fsp3) is 0.308. The predicted molar refractivity (Wildman–Crippen MR) is 87.0 cm³/mol. The summed E-state index contributed by atoms with van der Waals surface area (Å²) in [5.41, 5.74) is 8.18. The summed E-state index contributed by atoms with van der Waals surface area (Å²) < 4.78 is 26.7. The summed E-state index contributed by atoms with van der Waals surface area (Å²) >= 11 is 1.48. The molecule has 4 N–H and O–H groups in total. The largest absolute Gasteiger partial charge is 0.399 e. The minimum Gasteiger partial charge on any atom is -0.399 e. The number of hydrogen-bond acceptors (Lipinski definition) is 5. The molecule has 0 radical (unpaired) electrons. The maximum absolute atomic E-state index is 12.1. The van der Waals surface area contributed by atoms with Crippen molar-refractivity contribution in [2.45, 2.75) is 18.7 Å². The molecule has 0 saturated carbocycles. The molecule has 1 heterocycles. The number of aromatic amines is 1.